The fourth-order valence-corrected chi connectivity index (χ4v) is 4.19. The third kappa shape index (κ3) is 4.91. The predicted octanol–water partition coefficient (Wildman–Crippen LogP) is 4.66. The minimum absolute atomic E-state index is 0.118. The molecule has 5 heteroatoms. The zero-order valence-electron chi connectivity index (χ0n) is 16.9. The Bertz CT molecular complexity index is 902. The van der Waals surface area contributed by atoms with E-state index in [1.54, 1.807) is 0 Å². The number of halogens is 1. The summed E-state index contributed by atoms with van der Waals surface area (Å²) in [5.41, 5.74) is 3.74. The van der Waals surface area contributed by atoms with Gasteiger partial charge < -0.3 is 14.6 Å². The average molecular weight is 396 g/mol. The van der Waals surface area contributed by atoms with E-state index in [1.807, 2.05) is 18.2 Å². The Hall–Kier alpha value is -2.53. The number of anilines is 1. The zero-order valence-corrected chi connectivity index (χ0v) is 16.9. The number of aromatic nitrogens is 1. The van der Waals surface area contributed by atoms with Crippen LogP contribution in [0.5, 0.6) is 5.75 Å². The highest BCUT2D eigenvalue weighted by Gasteiger charge is 2.19. The maximum atomic E-state index is 12.5. The molecule has 1 N–H and O–H groups in total. The Morgan fingerprint density at radius 1 is 0.931 bits per heavy atom. The van der Waals surface area contributed by atoms with Gasteiger partial charge in [-0.1, -0.05) is 30.3 Å². The number of hydrogen-bond donors (Lipinski definition) is 1. The van der Waals surface area contributed by atoms with Crippen molar-refractivity contribution in [3.63, 3.8) is 0 Å². The second-order valence-corrected chi connectivity index (χ2v) is 7.65. The molecule has 2 heterocycles. The Balaban J connectivity index is 1.21. The number of aryl methyl sites for hydroxylation is 1. The van der Waals surface area contributed by atoms with E-state index in [0.29, 0.717) is 0 Å². The van der Waals surface area contributed by atoms with Crippen molar-refractivity contribution in [3.05, 3.63) is 60.3 Å². The lowest BCUT2D eigenvalue weighted by Crippen LogP contribution is -2.46. The summed E-state index contributed by atoms with van der Waals surface area (Å²) in [4.78, 5) is 8.28. The number of ether oxygens (including phenoxy) is 1. The molecule has 4 nitrogen and oxygen atoms in total. The molecule has 0 bridgehead atoms. The van der Waals surface area contributed by atoms with Crippen molar-refractivity contribution in [3.8, 4) is 5.75 Å². The van der Waals surface area contributed by atoms with Crippen LogP contribution in [0, 0.1) is 0 Å². The van der Waals surface area contributed by atoms with Crippen molar-refractivity contribution in [2.75, 3.05) is 50.9 Å². The van der Waals surface area contributed by atoms with Gasteiger partial charge >= 0.3 is 0 Å². The van der Waals surface area contributed by atoms with E-state index in [2.05, 4.69) is 51.3 Å². The molecule has 0 amide bonds. The van der Waals surface area contributed by atoms with E-state index in [0.717, 1.165) is 50.6 Å². The van der Waals surface area contributed by atoms with Gasteiger partial charge in [-0.2, -0.15) is 0 Å². The molecule has 1 fully saturated rings. The zero-order chi connectivity index (χ0) is 19.9. The molecule has 1 aromatic heterocycles. The van der Waals surface area contributed by atoms with Crippen LogP contribution in [0.25, 0.3) is 10.9 Å². The molecule has 0 atom stereocenters. The summed E-state index contributed by atoms with van der Waals surface area (Å²) in [6, 6.07) is 16.5. The van der Waals surface area contributed by atoms with E-state index >= 15 is 0 Å². The van der Waals surface area contributed by atoms with Crippen LogP contribution in [0.2, 0.25) is 0 Å². The van der Waals surface area contributed by atoms with Gasteiger partial charge in [-0.25, -0.2) is 4.39 Å². The monoisotopic (exact) mass is 395 g/mol. The summed E-state index contributed by atoms with van der Waals surface area (Å²) in [6.07, 6.45) is 5.72. The van der Waals surface area contributed by atoms with Gasteiger partial charge in [0.15, 0.2) is 0 Å². The Labute approximate surface area is 172 Å². The molecule has 1 aliphatic rings. The molecule has 0 unspecified atom stereocenters. The molecule has 0 spiro atoms. The second kappa shape index (κ2) is 9.79. The number of piperazine rings is 1. The maximum absolute atomic E-state index is 12.5. The van der Waals surface area contributed by atoms with Crippen LogP contribution in [0.15, 0.2) is 54.7 Å². The predicted molar refractivity (Wildman–Crippen MR) is 118 cm³/mol. The van der Waals surface area contributed by atoms with Crippen LogP contribution in [0.3, 0.4) is 0 Å². The van der Waals surface area contributed by atoms with Crippen LogP contribution in [0.4, 0.5) is 10.1 Å². The Morgan fingerprint density at radius 2 is 1.72 bits per heavy atom. The molecule has 0 saturated carbocycles. The maximum Gasteiger partial charge on any atom is 0.142 e. The molecule has 2 aromatic carbocycles. The van der Waals surface area contributed by atoms with Gasteiger partial charge in [-0.3, -0.25) is 4.90 Å². The van der Waals surface area contributed by atoms with Crippen LogP contribution >= 0.6 is 0 Å². The fourth-order valence-electron chi connectivity index (χ4n) is 4.19. The van der Waals surface area contributed by atoms with Crippen molar-refractivity contribution in [1.82, 2.24) is 9.88 Å². The summed E-state index contributed by atoms with van der Waals surface area (Å²) in [6.45, 7) is 4.90. The lowest BCUT2D eigenvalue weighted by molar-refractivity contribution is 0.249. The van der Waals surface area contributed by atoms with Gasteiger partial charge in [-0.05, 0) is 49.6 Å². The van der Waals surface area contributed by atoms with E-state index in [-0.39, 0.29) is 6.61 Å². The number of aromatic amines is 1. The SMILES string of the molecule is FCCOc1ccccc1N1CCN(CCCCc2c[nH]c3ccccc23)CC1. The summed E-state index contributed by atoms with van der Waals surface area (Å²) in [5, 5.41) is 1.36. The van der Waals surface area contributed by atoms with Crippen molar-refractivity contribution >= 4 is 16.6 Å². The quantitative estimate of drug-likeness (QED) is 0.535. The van der Waals surface area contributed by atoms with Crippen LogP contribution in [-0.4, -0.2) is 55.9 Å². The largest absolute Gasteiger partial charge is 0.489 e. The number of unbranched alkanes of at least 4 members (excludes halogenated alkanes) is 1. The highest BCUT2D eigenvalue weighted by Crippen LogP contribution is 2.29. The highest BCUT2D eigenvalue weighted by molar-refractivity contribution is 5.82. The van der Waals surface area contributed by atoms with Crippen LogP contribution in [-0.2, 0) is 6.42 Å². The minimum Gasteiger partial charge on any atom is -0.489 e. The molecular formula is C24H30FN3O. The van der Waals surface area contributed by atoms with Crippen molar-refractivity contribution in [1.29, 1.82) is 0 Å². The van der Waals surface area contributed by atoms with Gasteiger partial charge in [0, 0.05) is 43.3 Å². The number of alkyl halides is 1. The highest BCUT2D eigenvalue weighted by atomic mass is 19.1. The molecule has 0 aliphatic carbocycles. The summed E-state index contributed by atoms with van der Waals surface area (Å²) in [7, 11) is 0. The molecule has 1 aliphatic heterocycles. The first-order chi connectivity index (χ1) is 14.3. The Morgan fingerprint density at radius 3 is 2.59 bits per heavy atom. The normalized spacial score (nSPS) is 15.1. The first-order valence-electron chi connectivity index (χ1n) is 10.7. The number of fused-ring (bicyclic) bond motifs is 1. The summed E-state index contributed by atoms with van der Waals surface area (Å²) < 4.78 is 18.1. The minimum atomic E-state index is -0.458. The number of benzene rings is 2. The first kappa shape index (κ1) is 19.8. The third-order valence-electron chi connectivity index (χ3n) is 5.76. The van der Waals surface area contributed by atoms with Crippen molar-refractivity contribution < 1.29 is 9.13 Å². The number of H-pyrrole nitrogens is 1. The number of hydrogen-bond acceptors (Lipinski definition) is 3. The number of rotatable bonds is 9. The van der Waals surface area contributed by atoms with E-state index in [1.165, 1.54) is 29.3 Å². The number of para-hydroxylation sites is 3. The average Bonchev–Trinajstić information content (AvgIpc) is 3.19. The number of nitrogens with one attached hydrogen (secondary N) is 1. The summed E-state index contributed by atoms with van der Waals surface area (Å²) >= 11 is 0. The van der Waals surface area contributed by atoms with E-state index in [4.69, 9.17) is 4.74 Å². The molecule has 154 valence electrons. The van der Waals surface area contributed by atoms with E-state index in [9.17, 15) is 4.39 Å². The fraction of sp³-hybridized carbons (Fsp3) is 0.417. The Kier molecular flexibility index (Phi) is 6.67. The lowest BCUT2D eigenvalue weighted by atomic mass is 10.1. The molecule has 29 heavy (non-hydrogen) atoms. The van der Waals surface area contributed by atoms with Crippen LogP contribution < -0.4 is 9.64 Å². The lowest BCUT2D eigenvalue weighted by Gasteiger charge is -2.36. The van der Waals surface area contributed by atoms with Gasteiger partial charge in [0.1, 0.15) is 19.0 Å². The first-order valence-corrected chi connectivity index (χ1v) is 10.7. The molecular weight excluding hydrogens is 365 g/mol. The molecule has 1 saturated heterocycles. The van der Waals surface area contributed by atoms with Gasteiger partial charge in [0.05, 0.1) is 5.69 Å². The molecule has 0 radical (unpaired) electrons. The van der Waals surface area contributed by atoms with Gasteiger partial charge in [0.25, 0.3) is 0 Å². The topological polar surface area (TPSA) is 31.5 Å². The van der Waals surface area contributed by atoms with Crippen LogP contribution in [0.1, 0.15) is 18.4 Å². The molecule has 4 rings (SSSR count). The molecule has 3 aromatic rings. The summed E-state index contributed by atoms with van der Waals surface area (Å²) in [5.74, 6) is 0.789. The van der Waals surface area contributed by atoms with Gasteiger partial charge in [0.2, 0.25) is 0 Å². The third-order valence-corrected chi connectivity index (χ3v) is 5.76. The van der Waals surface area contributed by atoms with Crippen molar-refractivity contribution in [2.45, 2.75) is 19.3 Å². The van der Waals surface area contributed by atoms with Gasteiger partial charge in [-0.15, -0.1) is 0 Å². The standard InChI is InChI=1S/C24H30FN3O/c25-12-18-29-24-11-4-3-10-23(24)28-16-14-27(15-17-28)13-6-5-7-20-19-26-22-9-2-1-8-21(20)22/h1-4,8-11,19,26H,5-7,12-18H2. The van der Waals surface area contributed by atoms with E-state index < -0.39 is 6.67 Å². The second-order valence-electron chi connectivity index (χ2n) is 7.65. The smallest absolute Gasteiger partial charge is 0.142 e. The van der Waals surface area contributed by atoms with Crippen molar-refractivity contribution in [2.24, 2.45) is 0 Å². The number of nitrogens with zero attached hydrogens (tertiary/aromatic N) is 2.